The van der Waals surface area contributed by atoms with Gasteiger partial charge in [0.05, 0.1) is 6.54 Å². The number of carbonyl (C=O) groups is 2. The normalized spacial score (nSPS) is 11.8. The van der Waals surface area contributed by atoms with Crippen LogP contribution in [0.4, 0.5) is 0 Å². The highest BCUT2D eigenvalue weighted by atomic mass is 16.4. The molecule has 0 unspecified atom stereocenters. The first-order chi connectivity index (χ1) is 9.09. The van der Waals surface area contributed by atoms with Gasteiger partial charge in [-0.05, 0) is 25.3 Å². The zero-order valence-corrected chi connectivity index (χ0v) is 11.1. The van der Waals surface area contributed by atoms with Gasteiger partial charge in [-0.15, -0.1) is 0 Å². The summed E-state index contributed by atoms with van der Waals surface area (Å²) in [5.41, 5.74) is 1.24. The summed E-state index contributed by atoms with van der Waals surface area (Å²) in [6.07, 6.45) is 1.78. The third-order valence-electron chi connectivity index (χ3n) is 2.75. The SMILES string of the molecule is C[C@H](NCC(=O)NCCCc1ccccc1)C(=O)O. The van der Waals surface area contributed by atoms with Crippen LogP contribution in [0.2, 0.25) is 0 Å². The van der Waals surface area contributed by atoms with Crippen molar-refractivity contribution < 1.29 is 14.7 Å². The Kier molecular flexibility index (Phi) is 6.60. The third-order valence-corrected chi connectivity index (χ3v) is 2.75. The van der Waals surface area contributed by atoms with E-state index in [9.17, 15) is 9.59 Å². The van der Waals surface area contributed by atoms with Crippen LogP contribution in [0.1, 0.15) is 18.9 Å². The number of benzene rings is 1. The molecule has 0 saturated heterocycles. The number of amides is 1. The van der Waals surface area contributed by atoms with Gasteiger partial charge in [0.15, 0.2) is 0 Å². The summed E-state index contributed by atoms with van der Waals surface area (Å²) >= 11 is 0. The first-order valence-electron chi connectivity index (χ1n) is 6.36. The maximum Gasteiger partial charge on any atom is 0.320 e. The highest BCUT2D eigenvalue weighted by Crippen LogP contribution is 2.01. The van der Waals surface area contributed by atoms with E-state index in [1.165, 1.54) is 12.5 Å². The smallest absolute Gasteiger partial charge is 0.320 e. The van der Waals surface area contributed by atoms with Crippen molar-refractivity contribution in [1.82, 2.24) is 10.6 Å². The number of carbonyl (C=O) groups excluding carboxylic acids is 1. The number of aliphatic carboxylic acids is 1. The van der Waals surface area contributed by atoms with Crippen LogP contribution in [-0.4, -0.2) is 36.1 Å². The molecule has 0 radical (unpaired) electrons. The molecule has 0 heterocycles. The number of hydrogen-bond donors (Lipinski definition) is 3. The van der Waals surface area contributed by atoms with Gasteiger partial charge in [-0.2, -0.15) is 0 Å². The molecule has 0 bridgehead atoms. The molecule has 1 amide bonds. The molecule has 0 spiro atoms. The molecule has 1 rings (SSSR count). The molecule has 1 aromatic rings. The number of carboxylic acids is 1. The Balaban J connectivity index is 2.09. The van der Waals surface area contributed by atoms with Crippen LogP contribution < -0.4 is 10.6 Å². The standard InChI is InChI=1S/C14H20N2O3/c1-11(14(18)19)16-10-13(17)15-9-5-8-12-6-3-2-4-7-12/h2-4,6-7,11,16H,5,8-10H2,1H3,(H,15,17)(H,18,19)/t11-/m0/s1. The average molecular weight is 264 g/mol. The molecule has 0 aliphatic carbocycles. The largest absolute Gasteiger partial charge is 0.480 e. The molecular formula is C14H20N2O3. The maximum absolute atomic E-state index is 11.4. The van der Waals surface area contributed by atoms with Crippen molar-refractivity contribution in [3.05, 3.63) is 35.9 Å². The summed E-state index contributed by atoms with van der Waals surface area (Å²) < 4.78 is 0. The highest BCUT2D eigenvalue weighted by molar-refractivity contribution is 5.79. The lowest BCUT2D eigenvalue weighted by Gasteiger charge is -2.09. The van der Waals surface area contributed by atoms with Gasteiger partial charge in [0, 0.05) is 6.54 Å². The molecule has 19 heavy (non-hydrogen) atoms. The number of aryl methyl sites for hydroxylation is 1. The molecule has 0 aliphatic rings. The molecule has 5 nitrogen and oxygen atoms in total. The van der Waals surface area contributed by atoms with Crippen LogP contribution in [0, 0.1) is 0 Å². The van der Waals surface area contributed by atoms with Gasteiger partial charge in [0.2, 0.25) is 5.91 Å². The minimum atomic E-state index is -0.961. The highest BCUT2D eigenvalue weighted by Gasteiger charge is 2.11. The van der Waals surface area contributed by atoms with Gasteiger partial charge in [0.25, 0.3) is 0 Å². The predicted octanol–water partition coefficient (Wildman–Crippen LogP) is 0.798. The summed E-state index contributed by atoms with van der Waals surface area (Å²) in [6.45, 7) is 2.13. The van der Waals surface area contributed by atoms with E-state index >= 15 is 0 Å². The molecule has 0 saturated carbocycles. The van der Waals surface area contributed by atoms with Crippen molar-refractivity contribution in [2.24, 2.45) is 0 Å². The molecular weight excluding hydrogens is 244 g/mol. The Bertz CT molecular complexity index is 406. The lowest BCUT2D eigenvalue weighted by atomic mass is 10.1. The van der Waals surface area contributed by atoms with E-state index < -0.39 is 12.0 Å². The summed E-state index contributed by atoms with van der Waals surface area (Å²) in [7, 11) is 0. The zero-order chi connectivity index (χ0) is 14.1. The van der Waals surface area contributed by atoms with Gasteiger partial charge in [-0.3, -0.25) is 14.9 Å². The molecule has 1 atom stereocenters. The number of rotatable bonds is 8. The Hall–Kier alpha value is -1.88. The summed E-state index contributed by atoms with van der Waals surface area (Å²) in [4.78, 5) is 21.9. The minimum absolute atomic E-state index is 0.0266. The fourth-order valence-corrected chi connectivity index (χ4v) is 1.56. The van der Waals surface area contributed by atoms with Crippen LogP contribution in [0.25, 0.3) is 0 Å². The minimum Gasteiger partial charge on any atom is -0.480 e. The molecule has 5 heteroatoms. The second-order valence-electron chi connectivity index (χ2n) is 4.38. The van der Waals surface area contributed by atoms with Crippen molar-refractivity contribution in [3.8, 4) is 0 Å². The van der Waals surface area contributed by atoms with Crippen molar-refractivity contribution >= 4 is 11.9 Å². The third kappa shape index (κ3) is 6.57. The quantitative estimate of drug-likeness (QED) is 0.607. The first-order valence-corrected chi connectivity index (χ1v) is 6.36. The van der Waals surface area contributed by atoms with E-state index in [0.29, 0.717) is 6.54 Å². The summed E-state index contributed by atoms with van der Waals surface area (Å²) in [5, 5.41) is 14.0. The molecule has 0 fully saturated rings. The molecule has 0 aliphatic heterocycles. The fraction of sp³-hybridized carbons (Fsp3) is 0.429. The zero-order valence-electron chi connectivity index (χ0n) is 11.1. The van der Waals surface area contributed by atoms with Crippen LogP contribution in [0.5, 0.6) is 0 Å². The van der Waals surface area contributed by atoms with E-state index in [-0.39, 0.29) is 12.5 Å². The van der Waals surface area contributed by atoms with Crippen molar-refractivity contribution in [3.63, 3.8) is 0 Å². The molecule has 3 N–H and O–H groups in total. The van der Waals surface area contributed by atoms with Crippen LogP contribution in [0.3, 0.4) is 0 Å². The lowest BCUT2D eigenvalue weighted by molar-refractivity contribution is -0.139. The summed E-state index contributed by atoms with van der Waals surface area (Å²) in [6, 6.07) is 9.35. The predicted molar refractivity (Wildman–Crippen MR) is 72.9 cm³/mol. The Morgan fingerprint density at radius 1 is 1.26 bits per heavy atom. The molecule has 1 aromatic carbocycles. The van der Waals surface area contributed by atoms with Gasteiger partial charge < -0.3 is 10.4 Å². The molecule has 0 aromatic heterocycles. The van der Waals surface area contributed by atoms with E-state index in [1.54, 1.807) is 0 Å². The Morgan fingerprint density at radius 2 is 1.95 bits per heavy atom. The van der Waals surface area contributed by atoms with Crippen molar-refractivity contribution in [1.29, 1.82) is 0 Å². The Morgan fingerprint density at radius 3 is 2.58 bits per heavy atom. The lowest BCUT2D eigenvalue weighted by Crippen LogP contribution is -2.41. The van der Waals surface area contributed by atoms with Gasteiger partial charge in [-0.25, -0.2) is 0 Å². The van der Waals surface area contributed by atoms with Gasteiger partial charge in [-0.1, -0.05) is 30.3 Å². The number of nitrogens with one attached hydrogen (secondary N) is 2. The van der Waals surface area contributed by atoms with E-state index in [4.69, 9.17) is 5.11 Å². The van der Waals surface area contributed by atoms with Crippen molar-refractivity contribution in [2.45, 2.75) is 25.8 Å². The summed E-state index contributed by atoms with van der Waals surface area (Å²) in [5.74, 6) is -1.14. The van der Waals surface area contributed by atoms with E-state index in [0.717, 1.165) is 12.8 Å². The topological polar surface area (TPSA) is 78.4 Å². The molecule has 104 valence electrons. The Labute approximate surface area is 113 Å². The average Bonchev–Trinajstić information content (AvgIpc) is 2.42. The number of hydrogen-bond acceptors (Lipinski definition) is 3. The van der Waals surface area contributed by atoms with Crippen LogP contribution in [-0.2, 0) is 16.0 Å². The van der Waals surface area contributed by atoms with Gasteiger partial charge in [0.1, 0.15) is 6.04 Å². The van der Waals surface area contributed by atoms with E-state index in [1.807, 2.05) is 18.2 Å². The fourth-order valence-electron chi connectivity index (χ4n) is 1.56. The monoisotopic (exact) mass is 264 g/mol. The van der Waals surface area contributed by atoms with Crippen molar-refractivity contribution in [2.75, 3.05) is 13.1 Å². The number of carboxylic acid groups (broad SMARTS) is 1. The van der Waals surface area contributed by atoms with Crippen LogP contribution in [0.15, 0.2) is 30.3 Å². The van der Waals surface area contributed by atoms with E-state index in [2.05, 4.69) is 22.8 Å². The second-order valence-corrected chi connectivity index (χ2v) is 4.38. The van der Waals surface area contributed by atoms with Crippen LogP contribution >= 0.6 is 0 Å². The maximum atomic E-state index is 11.4. The second kappa shape index (κ2) is 8.26. The first kappa shape index (κ1) is 15.2. The van der Waals surface area contributed by atoms with Gasteiger partial charge >= 0.3 is 5.97 Å².